The number of aromatic nitrogens is 1. The number of carbonyl (C=O) groups excluding carboxylic acids is 1. The summed E-state index contributed by atoms with van der Waals surface area (Å²) in [6.45, 7) is 3.24. The topological polar surface area (TPSA) is 25.2 Å². The van der Waals surface area contributed by atoms with Gasteiger partial charge in [-0.15, -0.1) is 0 Å². The lowest BCUT2D eigenvalue weighted by molar-refractivity contribution is 0.112. The normalized spacial score (nSPS) is 11.5. The van der Waals surface area contributed by atoms with Crippen LogP contribution in [0.1, 0.15) is 54.1 Å². The first-order chi connectivity index (χ1) is 20.7. The first-order valence-electron chi connectivity index (χ1n) is 14.9. The third kappa shape index (κ3) is 5.77. The SMILES string of the molecule is CCCCCCn1c2ccc(C=O)cc2c2cc(C=Cc3ccc(N(c4ccccc4)c4ccccc4)cc3)ccc21. The molecule has 0 fully saturated rings. The summed E-state index contributed by atoms with van der Waals surface area (Å²) in [5.41, 5.74) is 8.80. The maximum Gasteiger partial charge on any atom is 0.150 e. The molecule has 6 aromatic rings. The zero-order valence-electron chi connectivity index (χ0n) is 24.1. The van der Waals surface area contributed by atoms with E-state index < -0.39 is 0 Å². The van der Waals surface area contributed by atoms with Gasteiger partial charge in [0.1, 0.15) is 6.29 Å². The molecule has 0 radical (unpaired) electrons. The van der Waals surface area contributed by atoms with Gasteiger partial charge < -0.3 is 9.47 Å². The quantitative estimate of drug-likeness (QED) is 0.0914. The summed E-state index contributed by atoms with van der Waals surface area (Å²) in [6, 6.07) is 42.4. The average Bonchev–Trinajstić information content (AvgIpc) is 3.36. The van der Waals surface area contributed by atoms with Crippen LogP contribution in [0.25, 0.3) is 34.0 Å². The highest BCUT2D eigenvalue weighted by Crippen LogP contribution is 2.35. The summed E-state index contributed by atoms with van der Waals surface area (Å²) in [4.78, 5) is 13.8. The summed E-state index contributed by atoms with van der Waals surface area (Å²) in [5, 5.41) is 2.34. The molecule has 0 N–H and O–H groups in total. The van der Waals surface area contributed by atoms with E-state index in [1.165, 1.54) is 35.7 Å². The Bertz CT molecular complexity index is 1780. The van der Waals surface area contributed by atoms with Crippen molar-refractivity contribution < 1.29 is 4.79 Å². The van der Waals surface area contributed by atoms with Gasteiger partial charge in [-0.3, -0.25) is 4.79 Å². The molecule has 0 bridgehead atoms. The van der Waals surface area contributed by atoms with Gasteiger partial charge in [-0.25, -0.2) is 0 Å². The van der Waals surface area contributed by atoms with Crippen molar-refractivity contribution in [2.24, 2.45) is 0 Å². The minimum Gasteiger partial charge on any atom is -0.340 e. The van der Waals surface area contributed by atoms with Crippen molar-refractivity contribution in [2.45, 2.75) is 39.2 Å². The largest absolute Gasteiger partial charge is 0.340 e. The molecule has 5 aromatic carbocycles. The predicted octanol–water partition coefficient (Wildman–Crippen LogP) is 10.8. The number of aryl methyl sites for hydroxylation is 1. The molecule has 6 rings (SSSR count). The first kappa shape index (κ1) is 27.3. The highest BCUT2D eigenvalue weighted by Gasteiger charge is 2.13. The molecule has 0 saturated carbocycles. The molecule has 0 amide bonds. The van der Waals surface area contributed by atoms with Crippen molar-refractivity contribution in [3.05, 3.63) is 138 Å². The molecule has 3 nitrogen and oxygen atoms in total. The molecule has 42 heavy (non-hydrogen) atoms. The van der Waals surface area contributed by atoms with Crippen molar-refractivity contribution in [3.8, 4) is 0 Å². The number of hydrogen-bond donors (Lipinski definition) is 0. The number of rotatable bonds is 11. The standard InChI is InChI=1S/C39H36N2O/c1-2-3-4-11-26-40-38-24-20-31(27-36(38)37-28-32(29-42)21-25-39(37)40)17-16-30-18-22-35(23-19-30)41(33-12-7-5-8-13-33)34-14-9-6-10-15-34/h5-10,12-25,27-29H,2-4,11,26H2,1H3. The Kier molecular flexibility index (Phi) is 8.28. The Morgan fingerprint density at radius 3 is 1.69 bits per heavy atom. The second-order valence-electron chi connectivity index (χ2n) is 10.8. The van der Waals surface area contributed by atoms with E-state index in [0.29, 0.717) is 5.56 Å². The summed E-state index contributed by atoms with van der Waals surface area (Å²) in [7, 11) is 0. The van der Waals surface area contributed by atoms with Crippen LogP contribution in [0.15, 0.2) is 121 Å². The molecule has 1 aromatic heterocycles. The van der Waals surface area contributed by atoms with Crippen LogP contribution in [0.2, 0.25) is 0 Å². The van der Waals surface area contributed by atoms with Crippen LogP contribution in [0, 0.1) is 0 Å². The maximum atomic E-state index is 11.6. The number of unbranched alkanes of at least 4 members (excludes halogenated alkanes) is 3. The van der Waals surface area contributed by atoms with E-state index in [0.717, 1.165) is 52.8 Å². The molecule has 0 spiro atoms. The van der Waals surface area contributed by atoms with E-state index in [4.69, 9.17) is 0 Å². The van der Waals surface area contributed by atoms with Gasteiger partial charge in [-0.1, -0.05) is 92.9 Å². The zero-order chi connectivity index (χ0) is 28.7. The number of hydrogen-bond acceptors (Lipinski definition) is 2. The van der Waals surface area contributed by atoms with Crippen LogP contribution >= 0.6 is 0 Å². The lowest BCUT2D eigenvalue weighted by Gasteiger charge is -2.25. The van der Waals surface area contributed by atoms with Crippen LogP contribution in [0.3, 0.4) is 0 Å². The molecule has 3 heteroatoms. The Morgan fingerprint density at radius 2 is 1.10 bits per heavy atom. The van der Waals surface area contributed by atoms with E-state index >= 15 is 0 Å². The predicted molar refractivity (Wildman–Crippen MR) is 179 cm³/mol. The monoisotopic (exact) mass is 548 g/mol. The molecule has 0 aliphatic carbocycles. The van der Waals surface area contributed by atoms with Crippen molar-refractivity contribution >= 4 is 57.3 Å². The van der Waals surface area contributed by atoms with Gasteiger partial charge in [-0.05, 0) is 84.3 Å². The second kappa shape index (κ2) is 12.7. The summed E-state index contributed by atoms with van der Waals surface area (Å²) < 4.78 is 2.42. The van der Waals surface area contributed by atoms with E-state index in [2.05, 4.69) is 126 Å². The fourth-order valence-electron chi connectivity index (χ4n) is 5.78. The molecular formula is C39H36N2O. The van der Waals surface area contributed by atoms with Gasteiger partial charge >= 0.3 is 0 Å². The van der Waals surface area contributed by atoms with E-state index in [1.807, 2.05) is 24.3 Å². The van der Waals surface area contributed by atoms with Crippen LogP contribution in [0.4, 0.5) is 17.1 Å². The third-order valence-electron chi connectivity index (χ3n) is 7.93. The molecule has 0 unspecified atom stereocenters. The molecule has 0 aliphatic heterocycles. The Hall–Kier alpha value is -4.89. The van der Waals surface area contributed by atoms with Gasteiger partial charge in [0.2, 0.25) is 0 Å². The van der Waals surface area contributed by atoms with Gasteiger partial charge in [-0.2, -0.15) is 0 Å². The Balaban J connectivity index is 1.29. The fourth-order valence-corrected chi connectivity index (χ4v) is 5.78. The van der Waals surface area contributed by atoms with Gasteiger partial charge in [0.25, 0.3) is 0 Å². The Morgan fingerprint density at radius 1 is 0.571 bits per heavy atom. The van der Waals surface area contributed by atoms with Crippen LogP contribution in [0.5, 0.6) is 0 Å². The highest BCUT2D eigenvalue weighted by molar-refractivity contribution is 6.10. The number of aldehydes is 1. The third-order valence-corrected chi connectivity index (χ3v) is 7.93. The maximum absolute atomic E-state index is 11.6. The second-order valence-corrected chi connectivity index (χ2v) is 10.8. The smallest absolute Gasteiger partial charge is 0.150 e. The first-order valence-corrected chi connectivity index (χ1v) is 14.9. The number of carbonyl (C=O) groups is 1. The number of anilines is 3. The summed E-state index contributed by atoms with van der Waals surface area (Å²) in [6.07, 6.45) is 10.2. The van der Waals surface area contributed by atoms with E-state index in [9.17, 15) is 4.79 Å². The molecular weight excluding hydrogens is 512 g/mol. The lowest BCUT2D eigenvalue weighted by atomic mass is 10.1. The summed E-state index contributed by atoms with van der Waals surface area (Å²) in [5.74, 6) is 0. The number of para-hydroxylation sites is 2. The average molecular weight is 549 g/mol. The molecule has 0 atom stereocenters. The summed E-state index contributed by atoms with van der Waals surface area (Å²) >= 11 is 0. The van der Waals surface area contributed by atoms with Crippen LogP contribution in [-0.4, -0.2) is 10.9 Å². The number of fused-ring (bicyclic) bond motifs is 3. The highest BCUT2D eigenvalue weighted by atomic mass is 16.1. The van der Waals surface area contributed by atoms with Gasteiger partial charge in [0, 0.05) is 51.0 Å². The van der Waals surface area contributed by atoms with Crippen molar-refractivity contribution in [1.29, 1.82) is 0 Å². The van der Waals surface area contributed by atoms with Gasteiger partial charge in [0.15, 0.2) is 0 Å². The molecule has 208 valence electrons. The number of benzene rings is 5. The minimum absolute atomic E-state index is 0.716. The van der Waals surface area contributed by atoms with Gasteiger partial charge in [0.05, 0.1) is 0 Å². The fraction of sp³-hybridized carbons (Fsp3) is 0.154. The van der Waals surface area contributed by atoms with Crippen molar-refractivity contribution in [1.82, 2.24) is 4.57 Å². The molecule has 0 aliphatic rings. The molecule has 1 heterocycles. The molecule has 0 saturated heterocycles. The Labute approximate surface area is 248 Å². The minimum atomic E-state index is 0.716. The van der Waals surface area contributed by atoms with Crippen LogP contribution < -0.4 is 4.90 Å². The zero-order valence-corrected chi connectivity index (χ0v) is 24.1. The van der Waals surface area contributed by atoms with E-state index in [1.54, 1.807) is 0 Å². The lowest BCUT2D eigenvalue weighted by Crippen LogP contribution is -2.09. The van der Waals surface area contributed by atoms with Crippen LogP contribution in [-0.2, 0) is 6.54 Å². The van der Waals surface area contributed by atoms with Crippen molar-refractivity contribution in [2.75, 3.05) is 4.90 Å². The number of nitrogens with zero attached hydrogens (tertiary/aromatic N) is 2. The van der Waals surface area contributed by atoms with E-state index in [-0.39, 0.29) is 0 Å². The van der Waals surface area contributed by atoms with Crippen molar-refractivity contribution in [3.63, 3.8) is 0 Å².